The number of hydrogen-bond acceptors (Lipinski definition) is 5. The van der Waals surface area contributed by atoms with Gasteiger partial charge in [-0.05, 0) is 35.2 Å². The highest BCUT2D eigenvalue weighted by atomic mass is 32.2. The fourth-order valence-corrected chi connectivity index (χ4v) is 2.28. The van der Waals surface area contributed by atoms with Crippen LogP contribution in [0.1, 0.15) is 10.4 Å². The van der Waals surface area contributed by atoms with Crippen LogP contribution in [0.3, 0.4) is 0 Å². The number of nitrogens with zero attached hydrogens (tertiary/aromatic N) is 1. The lowest BCUT2D eigenvalue weighted by Gasteiger charge is -2.04. The zero-order valence-electron chi connectivity index (χ0n) is 11.0. The first-order valence-corrected chi connectivity index (χ1v) is 6.79. The molecule has 0 bridgehead atoms. The largest absolute Gasteiger partial charge is 0.478 e. The lowest BCUT2D eigenvalue weighted by Crippen LogP contribution is -2.34. The summed E-state index contributed by atoms with van der Waals surface area (Å²) in [5.41, 5.74) is -0.0905. The number of amides is 1. The van der Waals surface area contributed by atoms with Crippen LogP contribution in [-0.2, 0) is 11.8 Å². The van der Waals surface area contributed by atoms with Gasteiger partial charge in [0.15, 0.2) is 7.05 Å². The average molecular weight is 310 g/mol. The number of benzene rings is 1. The topological polar surface area (TPSA) is 116 Å². The maximum absolute atomic E-state index is 11.8. The van der Waals surface area contributed by atoms with Gasteiger partial charge in [-0.3, -0.25) is 9.32 Å². The zero-order valence-corrected chi connectivity index (χ0v) is 11.8. The van der Waals surface area contributed by atoms with Gasteiger partial charge < -0.3 is 10.4 Å². The van der Waals surface area contributed by atoms with Gasteiger partial charge in [0.2, 0.25) is 5.91 Å². The molecule has 0 radical (unpaired) electrons. The molecular weight excluding hydrogens is 298 g/mol. The molecule has 110 valence electrons. The van der Waals surface area contributed by atoms with Crippen LogP contribution < -0.4 is 15.6 Å². The molecule has 8 nitrogen and oxygen atoms in total. The molecule has 1 heterocycles. The van der Waals surface area contributed by atoms with E-state index in [2.05, 4.69) is 15.1 Å². The SMILES string of the molecule is C[n+]1[nH]oc(=O)c1SCC(=O)Nc1cccc(C(=O)O)c1. The Morgan fingerprint density at radius 1 is 1.48 bits per heavy atom. The average Bonchev–Trinajstić information content (AvgIpc) is 2.76. The number of rotatable bonds is 5. The number of H-pyrrole nitrogens is 1. The fourth-order valence-electron chi connectivity index (χ4n) is 1.55. The number of nitrogens with one attached hydrogen (secondary N) is 2. The molecule has 9 heteroatoms. The molecule has 0 aliphatic heterocycles. The first-order chi connectivity index (χ1) is 9.97. The molecule has 1 amide bonds. The van der Waals surface area contributed by atoms with Crippen LogP contribution in [0.2, 0.25) is 0 Å². The standard InChI is InChI=1S/C12H11N3O5S/c1-15-10(12(19)20-14-15)21-6-9(16)13-8-4-2-3-7(5-8)11(17)18/h2-5H,6H2,1H3,(H2-,13,14,16,17,18,19)/p+1. The number of thioether (sulfide) groups is 1. The Hall–Kier alpha value is -2.55. The number of carboxylic acid groups (broad SMARTS) is 1. The van der Waals surface area contributed by atoms with Crippen LogP contribution in [0.15, 0.2) is 38.6 Å². The van der Waals surface area contributed by atoms with Crippen molar-refractivity contribution < 1.29 is 23.9 Å². The van der Waals surface area contributed by atoms with Gasteiger partial charge in [0.25, 0.3) is 0 Å². The molecule has 3 N–H and O–H groups in total. The Morgan fingerprint density at radius 2 is 2.24 bits per heavy atom. The minimum Gasteiger partial charge on any atom is -0.478 e. The molecule has 0 unspecified atom stereocenters. The van der Waals surface area contributed by atoms with Gasteiger partial charge in [0, 0.05) is 5.69 Å². The van der Waals surface area contributed by atoms with E-state index in [9.17, 15) is 14.4 Å². The molecule has 0 spiro atoms. The second-order valence-corrected chi connectivity index (χ2v) is 5.03. The molecule has 2 rings (SSSR count). The third kappa shape index (κ3) is 3.72. The minimum atomic E-state index is -1.07. The summed E-state index contributed by atoms with van der Waals surface area (Å²) in [5.74, 6) is -1.44. The van der Waals surface area contributed by atoms with Crippen molar-refractivity contribution in [3.63, 3.8) is 0 Å². The van der Waals surface area contributed by atoms with E-state index >= 15 is 0 Å². The number of aryl methyl sites for hydroxylation is 1. The van der Waals surface area contributed by atoms with Crippen LogP contribution >= 0.6 is 11.8 Å². The van der Waals surface area contributed by atoms with Crippen molar-refractivity contribution in [1.29, 1.82) is 0 Å². The number of aromatic carboxylic acids is 1. The molecule has 0 aliphatic carbocycles. The normalized spacial score (nSPS) is 10.3. The van der Waals surface area contributed by atoms with Gasteiger partial charge in [0.1, 0.15) is 0 Å². The summed E-state index contributed by atoms with van der Waals surface area (Å²) in [4.78, 5) is 33.9. The smallest absolute Gasteiger partial charge is 0.441 e. The molecule has 0 fully saturated rings. The molecule has 0 saturated heterocycles. The summed E-state index contributed by atoms with van der Waals surface area (Å²) >= 11 is 1.02. The Bertz CT molecular complexity index is 736. The number of aromatic nitrogens is 2. The summed E-state index contributed by atoms with van der Waals surface area (Å²) in [6.07, 6.45) is 0. The molecule has 2 aromatic rings. The summed E-state index contributed by atoms with van der Waals surface area (Å²) < 4.78 is 5.92. The summed E-state index contributed by atoms with van der Waals surface area (Å²) in [6.45, 7) is 0. The van der Waals surface area contributed by atoms with Crippen LogP contribution in [0, 0.1) is 0 Å². The Labute approximate surface area is 122 Å². The molecule has 0 aliphatic rings. The van der Waals surface area contributed by atoms with Crippen molar-refractivity contribution in [3.8, 4) is 0 Å². The minimum absolute atomic E-state index is 0.00620. The monoisotopic (exact) mass is 310 g/mol. The van der Waals surface area contributed by atoms with Crippen molar-refractivity contribution in [2.24, 2.45) is 7.05 Å². The van der Waals surface area contributed by atoms with E-state index < -0.39 is 11.6 Å². The first-order valence-electron chi connectivity index (χ1n) is 5.81. The van der Waals surface area contributed by atoms with Crippen LogP contribution in [0.25, 0.3) is 0 Å². The van der Waals surface area contributed by atoms with E-state index in [0.29, 0.717) is 5.69 Å². The highest BCUT2D eigenvalue weighted by Gasteiger charge is 2.19. The van der Waals surface area contributed by atoms with E-state index in [1.54, 1.807) is 13.1 Å². The lowest BCUT2D eigenvalue weighted by atomic mass is 10.2. The molecular formula is C12H12N3O5S+. The number of carbonyl (C=O) groups excluding carboxylic acids is 1. The quantitative estimate of drug-likeness (QED) is 0.537. The Morgan fingerprint density at radius 3 is 2.86 bits per heavy atom. The summed E-state index contributed by atoms with van der Waals surface area (Å²) in [6, 6.07) is 5.90. The molecule has 21 heavy (non-hydrogen) atoms. The number of carboxylic acids is 1. The van der Waals surface area contributed by atoms with Gasteiger partial charge in [-0.2, -0.15) is 0 Å². The second-order valence-electron chi connectivity index (χ2n) is 4.07. The van der Waals surface area contributed by atoms with Crippen molar-refractivity contribution >= 4 is 29.3 Å². The number of hydrogen-bond donors (Lipinski definition) is 3. The summed E-state index contributed by atoms with van der Waals surface area (Å²) in [5, 5.41) is 14.0. The summed E-state index contributed by atoms with van der Waals surface area (Å²) in [7, 11) is 1.58. The maximum Gasteiger partial charge on any atom is 0.441 e. The molecule has 1 aromatic heterocycles. The van der Waals surface area contributed by atoms with E-state index in [0.717, 1.165) is 11.8 Å². The Balaban J connectivity index is 1.98. The third-order valence-corrected chi connectivity index (χ3v) is 3.61. The Kier molecular flexibility index (Phi) is 4.43. The maximum atomic E-state index is 11.8. The molecule has 0 saturated carbocycles. The fraction of sp³-hybridized carbons (Fsp3) is 0.167. The zero-order chi connectivity index (χ0) is 15.4. The predicted octanol–water partition coefficient (Wildman–Crippen LogP) is 0.221. The lowest BCUT2D eigenvalue weighted by molar-refractivity contribution is -0.772. The van der Waals surface area contributed by atoms with E-state index in [4.69, 9.17) is 5.11 Å². The van der Waals surface area contributed by atoms with Crippen molar-refractivity contribution in [3.05, 3.63) is 40.2 Å². The van der Waals surface area contributed by atoms with Crippen molar-refractivity contribution in [1.82, 2.24) is 5.27 Å². The van der Waals surface area contributed by atoms with E-state index in [1.807, 2.05) is 0 Å². The van der Waals surface area contributed by atoms with Crippen LogP contribution in [0.4, 0.5) is 5.69 Å². The second kappa shape index (κ2) is 6.27. The predicted molar refractivity (Wildman–Crippen MR) is 73.3 cm³/mol. The highest BCUT2D eigenvalue weighted by Crippen LogP contribution is 2.13. The van der Waals surface area contributed by atoms with Gasteiger partial charge in [-0.15, -0.1) is 0 Å². The van der Waals surface area contributed by atoms with Gasteiger partial charge in [-0.1, -0.05) is 10.7 Å². The first kappa shape index (κ1) is 14.9. The van der Waals surface area contributed by atoms with Crippen LogP contribution in [0.5, 0.6) is 0 Å². The van der Waals surface area contributed by atoms with Crippen molar-refractivity contribution in [2.75, 3.05) is 11.1 Å². The third-order valence-electron chi connectivity index (χ3n) is 2.49. The van der Waals surface area contributed by atoms with E-state index in [-0.39, 0.29) is 22.2 Å². The highest BCUT2D eigenvalue weighted by molar-refractivity contribution is 7.99. The molecule has 1 aromatic carbocycles. The van der Waals surface area contributed by atoms with Crippen molar-refractivity contribution in [2.45, 2.75) is 5.03 Å². The van der Waals surface area contributed by atoms with Gasteiger partial charge >= 0.3 is 16.6 Å². The number of carbonyl (C=O) groups is 2. The number of aromatic amines is 1. The van der Waals surface area contributed by atoms with Gasteiger partial charge in [-0.25, -0.2) is 9.59 Å². The van der Waals surface area contributed by atoms with Gasteiger partial charge in [0.05, 0.1) is 11.3 Å². The van der Waals surface area contributed by atoms with Crippen LogP contribution in [-0.4, -0.2) is 28.0 Å². The van der Waals surface area contributed by atoms with E-state index in [1.165, 1.54) is 22.9 Å². The number of anilines is 1. The molecule has 0 atom stereocenters.